The molecule has 2 fully saturated rings. The Morgan fingerprint density at radius 3 is 2.60 bits per heavy atom. The lowest BCUT2D eigenvalue weighted by molar-refractivity contribution is -0.162. The lowest BCUT2D eigenvalue weighted by Crippen LogP contribution is -2.50. The molecule has 9 nitrogen and oxygen atoms in total. The van der Waals surface area contributed by atoms with Gasteiger partial charge in [0, 0.05) is 69.6 Å². The fourth-order valence-corrected chi connectivity index (χ4v) is 5.79. The first-order valence-electron chi connectivity index (χ1n) is 14.1. The number of fused-ring (bicyclic) bond motifs is 1. The summed E-state index contributed by atoms with van der Waals surface area (Å²) in [6, 6.07) is 9.53. The average molecular weight is 603 g/mol. The Kier molecular flexibility index (Phi) is 7.57. The van der Waals surface area contributed by atoms with E-state index in [0.717, 1.165) is 27.7 Å². The smallest absolute Gasteiger partial charge is 0.340 e. The molecule has 0 spiro atoms. The van der Waals surface area contributed by atoms with E-state index in [1.54, 1.807) is 17.1 Å². The van der Waals surface area contributed by atoms with Gasteiger partial charge in [-0.05, 0) is 48.2 Å². The SMILES string of the molecule is CC(c1ccnc(Nc2nc3ccc(-c4cnn(CC5CC(F)(F)C5)c4)cc3[nH]2)c1)N1CCN(C(=O)CC(F)(F)F)CC1. The highest BCUT2D eigenvalue weighted by Gasteiger charge is 2.45. The van der Waals surface area contributed by atoms with Gasteiger partial charge in [0.1, 0.15) is 12.2 Å². The van der Waals surface area contributed by atoms with Gasteiger partial charge in [0.15, 0.2) is 0 Å². The van der Waals surface area contributed by atoms with Crippen molar-refractivity contribution in [2.24, 2.45) is 5.92 Å². The second-order valence-electron chi connectivity index (χ2n) is 11.4. The Labute approximate surface area is 244 Å². The summed E-state index contributed by atoms with van der Waals surface area (Å²) in [6.45, 7) is 3.92. The van der Waals surface area contributed by atoms with E-state index in [-0.39, 0.29) is 37.9 Å². The molecule has 1 unspecified atom stereocenters. The molecule has 4 aromatic rings. The minimum absolute atomic E-state index is 0.0386. The van der Waals surface area contributed by atoms with Crippen LogP contribution in [0.2, 0.25) is 0 Å². The first kappa shape index (κ1) is 29.0. The van der Waals surface area contributed by atoms with E-state index in [4.69, 9.17) is 0 Å². The molecule has 14 heteroatoms. The van der Waals surface area contributed by atoms with E-state index >= 15 is 0 Å². The summed E-state index contributed by atoms with van der Waals surface area (Å²) in [7, 11) is 0. The number of aromatic amines is 1. The predicted molar refractivity (Wildman–Crippen MR) is 150 cm³/mol. The van der Waals surface area contributed by atoms with Gasteiger partial charge in [-0.3, -0.25) is 14.4 Å². The number of piperazine rings is 1. The van der Waals surface area contributed by atoms with Crippen LogP contribution in [0.3, 0.4) is 0 Å². The molecule has 1 atom stereocenters. The Morgan fingerprint density at radius 2 is 1.88 bits per heavy atom. The van der Waals surface area contributed by atoms with Crippen molar-refractivity contribution in [3.8, 4) is 11.1 Å². The van der Waals surface area contributed by atoms with Gasteiger partial charge >= 0.3 is 6.18 Å². The molecule has 2 N–H and O–H groups in total. The molecule has 228 valence electrons. The first-order valence-corrected chi connectivity index (χ1v) is 14.1. The van der Waals surface area contributed by atoms with Crippen LogP contribution < -0.4 is 5.32 Å². The third-order valence-electron chi connectivity index (χ3n) is 8.15. The number of amides is 1. The number of carbonyl (C=O) groups excluding carboxylic acids is 1. The zero-order valence-corrected chi connectivity index (χ0v) is 23.4. The number of benzene rings is 1. The number of hydrogen-bond donors (Lipinski definition) is 2. The van der Waals surface area contributed by atoms with Crippen LogP contribution >= 0.6 is 0 Å². The zero-order chi connectivity index (χ0) is 30.4. The van der Waals surface area contributed by atoms with Gasteiger partial charge in [-0.1, -0.05) is 6.07 Å². The molecule has 1 aliphatic carbocycles. The summed E-state index contributed by atoms with van der Waals surface area (Å²) in [4.78, 5) is 27.6. The van der Waals surface area contributed by atoms with Crippen molar-refractivity contribution in [3.63, 3.8) is 0 Å². The predicted octanol–water partition coefficient (Wildman–Crippen LogP) is 5.77. The molecule has 0 radical (unpaired) electrons. The van der Waals surface area contributed by atoms with Gasteiger partial charge in [0.2, 0.25) is 17.8 Å². The van der Waals surface area contributed by atoms with Crippen LogP contribution in [0, 0.1) is 5.92 Å². The second-order valence-corrected chi connectivity index (χ2v) is 11.4. The number of pyridine rings is 1. The van der Waals surface area contributed by atoms with Crippen LogP contribution in [0.15, 0.2) is 48.9 Å². The Hall–Kier alpha value is -4.07. The van der Waals surface area contributed by atoms with E-state index in [2.05, 4.69) is 30.3 Å². The van der Waals surface area contributed by atoms with Crippen molar-refractivity contribution in [3.05, 3.63) is 54.5 Å². The van der Waals surface area contributed by atoms with Gasteiger partial charge < -0.3 is 15.2 Å². The number of hydrogen-bond acceptors (Lipinski definition) is 6. The highest BCUT2D eigenvalue weighted by Crippen LogP contribution is 2.43. The van der Waals surface area contributed by atoms with Gasteiger partial charge in [-0.25, -0.2) is 18.7 Å². The fourth-order valence-electron chi connectivity index (χ4n) is 5.79. The minimum atomic E-state index is -4.50. The number of nitrogens with one attached hydrogen (secondary N) is 2. The Balaban J connectivity index is 1.08. The molecular weight excluding hydrogens is 571 g/mol. The molecule has 1 aliphatic heterocycles. The lowest BCUT2D eigenvalue weighted by atomic mass is 9.81. The van der Waals surface area contributed by atoms with Crippen LogP contribution in [0.5, 0.6) is 0 Å². The summed E-state index contributed by atoms with van der Waals surface area (Å²) in [5.41, 5.74) is 4.31. The van der Waals surface area contributed by atoms with E-state index < -0.39 is 24.4 Å². The number of halogens is 5. The topological polar surface area (TPSA) is 95.0 Å². The molecule has 4 heterocycles. The first-order chi connectivity index (χ1) is 20.4. The molecule has 1 saturated heterocycles. The van der Waals surface area contributed by atoms with Gasteiger partial charge in [0.25, 0.3) is 0 Å². The van der Waals surface area contributed by atoms with Crippen molar-refractivity contribution in [1.29, 1.82) is 0 Å². The number of aromatic nitrogens is 5. The summed E-state index contributed by atoms with van der Waals surface area (Å²) >= 11 is 0. The van der Waals surface area contributed by atoms with Gasteiger partial charge in [-0.15, -0.1) is 0 Å². The van der Waals surface area contributed by atoms with Crippen LogP contribution in [0.1, 0.15) is 37.8 Å². The zero-order valence-electron chi connectivity index (χ0n) is 23.4. The number of carbonyl (C=O) groups is 1. The highest BCUT2D eigenvalue weighted by molar-refractivity contribution is 5.83. The molecule has 6 rings (SSSR count). The molecule has 2 aliphatic rings. The number of alkyl halides is 5. The fraction of sp³-hybridized carbons (Fsp3) is 0.448. The van der Waals surface area contributed by atoms with Crippen molar-refractivity contribution >= 4 is 28.7 Å². The number of rotatable bonds is 8. The monoisotopic (exact) mass is 602 g/mol. The summed E-state index contributed by atoms with van der Waals surface area (Å²) in [5.74, 6) is -2.42. The van der Waals surface area contributed by atoms with Crippen molar-refractivity contribution in [2.45, 2.75) is 50.9 Å². The largest absolute Gasteiger partial charge is 0.397 e. The average Bonchev–Trinajstić information content (AvgIpc) is 3.57. The normalized spacial score (nSPS) is 18.5. The maximum atomic E-state index is 13.2. The van der Waals surface area contributed by atoms with Crippen molar-refractivity contribution in [2.75, 3.05) is 31.5 Å². The quantitative estimate of drug-likeness (QED) is 0.249. The molecular formula is C29H31F5N8O. The Bertz CT molecular complexity index is 1600. The molecule has 1 aromatic carbocycles. The van der Waals surface area contributed by atoms with E-state index in [1.165, 1.54) is 4.90 Å². The van der Waals surface area contributed by atoms with E-state index in [1.807, 2.05) is 43.5 Å². The minimum Gasteiger partial charge on any atom is -0.340 e. The molecule has 1 amide bonds. The van der Waals surface area contributed by atoms with Crippen LogP contribution in [-0.4, -0.2) is 78.7 Å². The number of anilines is 2. The summed E-state index contributed by atoms with van der Waals surface area (Å²) in [5, 5.41) is 7.55. The van der Waals surface area contributed by atoms with Crippen LogP contribution in [0.25, 0.3) is 22.2 Å². The third-order valence-corrected chi connectivity index (χ3v) is 8.15. The number of nitrogens with zero attached hydrogens (tertiary/aromatic N) is 6. The lowest BCUT2D eigenvalue weighted by Gasteiger charge is -2.38. The molecule has 43 heavy (non-hydrogen) atoms. The maximum absolute atomic E-state index is 13.2. The molecule has 0 bridgehead atoms. The Morgan fingerprint density at radius 1 is 1.12 bits per heavy atom. The highest BCUT2D eigenvalue weighted by atomic mass is 19.4. The van der Waals surface area contributed by atoms with Crippen molar-refractivity contribution < 1.29 is 26.7 Å². The van der Waals surface area contributed by atoms with Crippen LogP contribution in [-0.2, 0) is 11.3 Å². The molecule has 1 saturated carbocycles. The van der Waals surface area contributed by atoms with Crippen LogP contribution in [0.4, 0.5) is 33.7 Å². The van der Waals surface area contributed by atoms with Gasteiger partial charge in [-0.2, -0.15) is 18.3 Å². The third kappa shape index (κ3) is 6.79. The van der Waals surface area contributed by atoms with E-state index in [0.29, 0.717) is 31.4 Å². The second kappa shape index (κ2) is 11.2. The number of H-pyrrole nitrogens is 1. The number of imidazole rings is 1. The maximum Gasteiger partial charge on any atom is 0.397 e. The standard InChI is InChI=1S/C29H31F5N8O/c1-18(40-6-8-41(9-7-40)26(43)14-29(32,33)34)20-4-5-35-25(11-20)39-27-37-23-3-2-21(10-24(23)38-27)22-15-36-42(17-22)16-19-12-28(30,31)13-19/h2-5,10-11,15,17-19H,6-9,12-14,16H2,1H3,(H2,35,37,38,39). The summed E-state index contributed by atoms with van der Waals surface area (Å²) < 4.78 is 65.8. The van der Waals surface area contributed by atoms with Crippen molar-refractivity contribution in [1.82, 2.24) is 34.5 Å². The molecule has 3 aromatic heterocycles. The summed E-state index contributed by atoms with van der Waals surface area (Å²) in [6.07, 6.45) is -0.850. The van der Waals surface area contributed by atoms with E-state index in [9.17, 15) is 26.7 Å². The van der Waals surface area contributed by atoms with Gasteiger partial charge in [0.05, 0.1) is 17.2 Å².